The van der Waals surface area contributed by atoms with E-state index in [-0.39, 0.29) is 5.56 Å². The predicted molar refractivity (Wildman–Crippen MR) is 55.4 cm³/mol. The van der Waals surface area contributed by atoms with Crippen LogP contribution in [0.25, 0.3) is 6.08 Å². The molecular formula is C12H13F3. The van der Waals surface area contributed by atoms with Gasteiger partial charge in [0.2, 0.25) is 0 Å². The lowest BCUT2D eigenvalue weighted by molar-refractivity contribution is -0.137. The number of hydrogen-bond acceptors (Lipinski definition) is 0. The number of alkyl halides is 3. The van der Waals surface area contributed by atoms with Gasteiger partial charge in [0.1, 0.15) is 0 Å². The van der Waals surface area contributed by atoms with Crippen molar-refractivity contribution in [3.8, 4) is 0 Å². The monoisotopic (exact) mass is 214 g/mol. The van der Waals surface area contributed by atoms with Gasteiger partial charge in [-0.1, -0.05) is 43.7 Å². The molecule has 1 aromatic rings. The Morgan fingerprint density at radius 1 is 1.20 bits per heavy atom. The summed E-state index contributed by atoms with van der Waals surface area (Å²) in [5, 5.41) is 0. The Balaban J connectivity index is 2.97. The van der Waals surface area contributed by atoms with Crippen LogP contribution in [-0.2, 0) is 6.18 Å². The molecule has 0 spiro atoms. The van der Waals surface area contributed by atoms with Gasteiger partial charge in [-0.2, -0.15) is 13.2 Å². The fourth-order valence-electron chi connectivity index (χ4n) is 1.28. The van der Waals surface area contributed by atoms with Gasteiger partial charge in [0.15, 0.2) is 0 Å². The van der Waals surface area contributed by atoms with E-state index in [4.69, 9.17) is 0 Å². The first-order chi connectivity index (χ1) is 7.05. The van der Waals surface area contributed by atoms with E-state index >= 15 is 0 Å². The Bertz CT molecular complexity index is 337. The van der Waals surface area contributed by atoms with Gasteiger partial charge in [-0.25, -0.2) is 0 Å². The molecular weight excluding hydrogens is 201 g/mol. The van der Waals surface area contributed by atoms with Gasteiger partial charge in [0.05, 0.1) is 5.56 Å². The molecule has 0 unspecified atom stereocenters. The molecule has 0 aromatic heterocycles. The highest BCUT2D eigenvalue weighted by Crippen LogP contribution is 2.32. The minimum atomic E-state index is -4.27. The smallest absolute Gasteiger partial charge is 0.166 e. The molecule has 3 heteroatoms. The molecule has 0 saturated heterocycles. The summed E-state index contributed by atoms with van der Waals surface area (Å²) in [4.78, 5) is 0. The second-order valence-corrected chi connectivity index (χ2v) is 3.28. The average molecular weight is 214 g/mol. The van der Waals surface area contributed by atoms with Crippen molar-refractivity contribution in [2.24, 2.45) is 0 Å². The normalized spacial score (nSPS) is 12.3. The highest BCUT2D eigenvalue weighted by molar-refractivity contribution is 5.54. The van der Waals surface area contributed by atoms with Crippen molar-refractivity contribution in [1.29, 1.82) is 0 Å². The number of benzene rings is 1. The minimum absolute atomic E-state index is 0.235. The van der Waals surface area contributed by atoms with Crippen LogP contribution in [0.3, 0.4) is 0 Å². The molecule has 0 fully saturated rings. The van der Waals surface area contributed by atoms with Crippen molar-refractivity contribution >= 4 is 6.08 Å². The zero-order valence-electron chi connectivity index (χ0n) is 8.51. The fourth-order valence-corrected chi connectivity index (χ4v) is 1.28. The molecule has 15 heavy (non-hydrogen) atoms. The van der Waals surface area contributed by atoms with Crippen LogP contribution in [0, 0.1) is 0 Å². The Kier molecular flexibility index (Phi) is 3.95. The first-order valence-electron chi connectivity index (χ1n) is 4.88. The molecule has 0 nitrogen and oxygen atoms in total. The zero-order valence-corrected chi connectivity index (χ0v) is 8.51. The topological polar surface area (TPSA) is 0 Å². The Labute approximate surface area is 87.4 Å². The summed E-state index contributed by atoms with van der Waals surface area (Å²) in [6.07, 6.45) is 0.765. The van der Waals surface area contributed by atoms with Gasteiger partial charge < -0.3 is 0 Å². The van der Waals surface area contributed by atoms with Crippen molar-refractivity contribution < 1.29 is 13.2 Å². The molecule has 82 valence electrons. The first-order valence-corrected chi connectivity index (χ1v) is 4.88. The Hall–Kier alpha value is -1.25. The molecule has 1 aromatic carbocycles. The quantitative estimate of drug-likeness (QED) is 0.694. The molecule has 0 aliphatic carbocycles. The van der Waals surface area contributed by atoms with Crippen LogP contribution in [0.4, 0.5) is 13.2 Å². The van der Waals surface area contributed by atoms with Crippen LogP contribution in [0.15, 0.2) is 30.3 Å². The second kappa shape index (κ2) is 5.01. The fraction of sp³-hybridized carbons (Fsp3) is 0.333. The number of hydrogen-bond donors (Lipinski definition) is 0. The maximum absolute atomic E-state index is 12.5. The van der Waals surface area contributed by atoms with Crippen LogP contribution in [-0.4, -0.2) is 0 Å². The summed E-state index contributed by atoms with van der Waals surface area (Å²) in [5.74, 6) is 0. The number of halogens is 3. The largest absolute Gasteiger partial charge is 0.416 e. The number of unbranched alkanes of at least 4 members (excludes halogenated alkanes) is 1. The van der Waals surface area contributed by atoms with Gasteiger partial charge >= 0.3 is 6.18 Å². The summed E-state index contributed by atoms with van der Waals surface area (Å²) in [5.41, 5.74) is -0.337. The third-order valence-corrected chi connectivity index (χ3v) is 2.02. The summed E-state index contributed by atoms with van der Waals surface area (Å²) in [6.45, 7) is 1.99. The molecule has 0 saturated carbocycles. The van der Waals surface area contributed by atoms with Crippen molar-refractivity contribution in [2.75, 3.05) is 0 Å². The zero-order chi connectivity index (χ0) is 11.3. The maximum Gasteiger partial charge on any atom is 0.416 e. The third kappa shape index (κ3) is 3.42. The van der Waals surface area contributed by atoms with Crippen molar-refractivity contribution in [3.05, 3.63) is 41.5 Å². The number of rotatable bonds is 3. The van der Waals surface area contributed by atoms with E-state index in [0.717, 1.165) is 18.9 Å². The molecule has 0 atom stereocenters. The minimum Gasteiger partial charge on any atom is -0.166 e. The van der Waals surface area contributed by atoms with Crippen molar-refractivity contribution in [2.45, 2.75) is 25.9 Å². The van der Waals surface area contributed by atoms with Gasteiger partial charge in [0.25, 0.3) is 0 Å². The average Bonchev–Trinajstić information content (AvgIpc) is 2.17. The van der Waals surface area contributed by atoms with E-state index in [1.165, 1.54) is 18.2 Å². The lowest BCUT2D eigenvalue weighted by Gasteiger charge is -2.09. The molecule has 0 radical (unpaired) electrons. The van der Waals surface area contributed by atoms with Crippen molar-refractivity contribution in [1.82, 2.24) is 0 Å². The van der Waals surface area contributed by atoms with Crippen molar-refractivity contribution in [3.63, 3.8) is 0 Å². The highest BCUT2D eigenvalue weighted by atomic mass is 19.4. The lowest BCUT2D eigenvalue weighted by Crippen LogP contribution is -2.06. The van der Waals surface area contributed by atoms with Crippen LogP contribution in [0.5, 0.6) is 0 Å². The summed E-state index contributed by atoms with van der Waals surface area (Å²) in [6, 6.07) is 5.60. The van der Waals surface area contributed by atoms with E-state index in [0.29, 0.717) is 0 Å². The molecule has 0 aliphatic heterocycles. The highest BCUT2D eigenvalue weighted by Gasteiger charge is 2.32. The summed E-state index contributed by atoms with van der Waals surface area (Å²) < 4.78 is 37.6. The van der Waals surface area contributed by atoms with Crippen LogP contribution < -0.4 is 0 Å². The summed E-state index contributed by atoms with van der Waals surface area (Å²) >= 11 is 0. The van der Waals surface area contributed by atoms with Crippen LogP contribution in [0.1, 0.15) is 30.9 Å². The lowest BCUT2D eigenvalue weighted by atomic mass is 10.1. The number of allylic oxidation sites excluding steroid dienone is 1. The van der Waals surface area contributed by atoms with E-state index in [2.05, 4.69) is 0 Å². The second-order valence-electron chi connectivity index (χ2n) is 3.28. The van der Waals surface area contributed by atoms with E-state index in [1.807, 2.05) is 6.92 Å². The van der Waals surface area contributed by atoms with E-state index in [9.17, 15) is 13.2 Å². The third-order valence-electron chi connectivity index (χ3n) is 2.02. The van der Waals surface area contributed by atoms with Crippen LogP contribution in [0.2, 0.25) is 0 Å². The molecule has 0 amide bonds. The van der Waals surface area contributed by atoms with Crippen LogP contribution >= 0.6 is 0 Å². The SMILES string of the molecule is CCCC=Cc1ccccc1C(F)(F)F. The summed E-state index contributed by atoms with van der Waals surface area (Å²) in [7, 11) is 0. The molecule has 0 bridgehead atoms. The Morgan fingerprint density at radius 3 is 2.47 bits per heavy atom. The van der Waals surface area contributed by atoms with Gasteiger partial charge in [-0.05, 0) is 18.1 Å². The van der Waals surface area contributed by atoms with Gasteiger partial charge in [-0.15, -0.1) is 0 Å². The van der Waals surface area contributed by atoms with E-state index in [1.54, 1.807) is 12.1 Å². The van der Waals surface area contributed by atoms with Gasteiger partial charge in [-0.3, -0.25) is 0 Å². The molecule has 0 aliphatic rings. The molecule has 0 N–H and O–H groups in total. The van der Waals surface area contributed by atoms with E-state index < -0.39 is 11.7 Å². The Morgan fingerprint density at radius 2 is 1.87 bits per heavy atom. The first kappa shape index (κ1) is 11.8. The molecule has 1 rings (SSSR count). The maximum atomic E-state index is 12.5. The van der Waals surface area contributed by atoms with Gasteiger partial charge in [0, 0.05) is 0 Å². The molecule has 0 heterocycles. The predicted octanol–water partition coefficient (Wildman–Crippen LogP) is 4.52. The standard InChI is InChI=1S/C12H13F3/c1-2-3-4-7-10-8-5-6-9-11(10)12(13,14)15/h4-9H,2-3H2,1H3.